The smallest absolute Gasteiger partial charge is 0.0112 e. The molecule has 0 saturated carbocycles. The molecule has 0 aliphatic carbocycles. The summed E-state index contributed by atoms with van der Waals surface area (Å²) in [6.45, 7) is 9.23. The van der Waals surface area contributed by atoms with E-state index in [4.69, 9.17) is 0 Å². The van der Waals surface area contributed by atoms with Crippen molar-refractivity contribution in [3.8, 4) is 0 Å². The molecule has 1 aromatic carbocycles. The molecule has 0 saturated heterocycles. The Labute approximate surface area is 91.1 Å². The molecule has 2 rings (SSSR count). The maximum absolute atomic E-state index is 2.36. The van der Waals surface area contributed by atoms with Gasteiger partial charge in [-0.25, -0.2) is 0 Å². The van der Waals surface area contributed by atoms with E-state index in [1.807, 2.05) is 11.8 Å². The molecule has 1 aromatic rings. The van der Waals surface area contributed by atoms with Gasteiger partial charge >= 0.3 is 0 Å². The van der Waals surface area contributed by atoms with Gasteiger partial charge in [0, 0.05) is 10.1 Å². The number of fused-ring (bicyclic) bond motifs is 1. The van der Waals surface area contributed by atoms with Gasteiger partial charge in [-0.1, -0.05) is 38.5 Å². The standard InChI is InChI=1S/C13H18S/c1-9-5-6-12-11(7-9)13(3,4)8-10(2)14-12/h5-7,10H,8H2,1-4H3/t10-/m0/s1. The Hall–Kier alpha value is -0.430. The van der Waals surface area contributed by atoms with E-state index >= 15 is 0 Å². The van der Waals surface area contributed by atoms with Gasteiger partial charge in [0.15, 0.2) is 0 Å². The first kappa shape index (κ1) is 10.1. The maximum Gasteiger partial charge on any atom is 0.0112 e. The predicted octanol–water partition coefficient (Wildman–Crippen LogP) is 4.16. The van der Waals surface area contributed by atoms with E-state index in [-0.39, 0.29) is 0 Å². The van der Waals surface area contributed by atoms with Gasteiger partial charge < -0.3 is 0 Å². The fourth-order valence-corrected chi connectivity index (χ4v) is 3.90. The molecule has 1 aliphatic rings. The predicted molar refractivity (Wildman–Crippen MR) is 64.1 cm³/mol. The highest BCUT2D eigenvalue weighted by Gasteiger charge is 2.31. The minimum Gasteiger partial charge on any atom is -0.123 e. The van der Waals surface area contributed by atoms with Crippen molar-refractivity contribution in [2.24, 2.45) is 0 Å². The molecule has 1 heteroatoms. The highest BCUT2D eigenvalue weighted by molar-refractivity contribution is 8.00. The Morgan fingerprint density at radius 3 is 2.79 bits per heavy atom. The summed E-state index contributed by atoms with van der Waals surface area (Å²) < 4.78 is 0. The van der Waals surface area contributed by atoms with Crippen LogP contribution in [-0.4, -0.2) is 5.25 Å². The van der Waals surface area contributed by atoms with Gasteiger partial charge in [-0.3, -0.25) is 0 Å². The lowest BCUT2D eigenvalue weighted by Crippen LogP contribution is -2.26. The monoisotopic (exact) mass is 206 g/mol. The summed E-state index contributed by atoms with van der Waals surface area (Å²) in [6.07, 6.45) is 1.29. The Balaban J connectivity index is 2.53. The van der Waals surface area contributed by atoms with E-state index in [2.05, 4.69) is 45.9 Å². The van der Waals surface area contributed by atoms with Crippen molar-refractivity contribution in [2.45, 2.75) is 49.7 Å². The summed E-state index contributed by atoms with van der Waals surface area (Å²) in [6, 6.07) is 6.86. The Bertz CT molecular complexity index is 352. The highest BCUT2D eigenvalue weighted by atomic mass is 32.2. The van der Waals surface area contributed by atoms with Gasteiger partial charge in [0.05, 0.1) is 0 Å². The van der Waals surface area contributed by atoms with E-state index in [1.165, 1.54) is 16.9 Å². The third-order valence-electron chi connectivity index (χ3n) is 2.99. The summed E-state index contributed by atoms with van der Waals surface area (Å²) >= 11 is 2.02. The first-order valence-corrected chi connectivity index (χ1v) is 6.15. The van der Waals surface area contributed by atoms with Crippen molar-refractivity contribution in [3.05, 3.63) is 29.3 Å². The molecule has 76 valence electrons. The SMILES string of the molecule is Cc1ccc2c(c1)C(C)(C)C[C@H](C)S2. The molecule has 0 amide bonds. The fraction of sp³-hybridized carbons (Fsp3) is 0.538. The quantitative estimate of drug-likeness (QED) is 0.614. The lowest BCUT2D eigenvalue weighted by molar-refractivity contribution is 0.462. The van der Waals surface area contributed by atoms with Gasteiger partial charge in [0.25, 0.3) is 0 Å². The van der Waals surface area contributed by atoms with Crippen molar-refractivity contribution >= 4 is 11.8 Å². The summed E-state index contributed by atoms with van der Waals surface area (Å²) in [5, 5.41) is 0.750. The number of thioether (sulfide) groups is 1. The zero-order valence-electron chi connectivity index (χ0n) is 9.42. The van der Waals surface area contributed by atoms with Gasteiger partial charge in [-0.05, 0) is 30.4 Å². The molecule has 0 fully saturated rings. The number of benzene rings is 1. The molecule has 0 N–H and O–H groups in total. The van der Waals surface area contributed by atoms with Crippen molar-refractivity contribution in [2.75, 3.05) is 0 Å². The van der Waals surface area contributed by atoms with E-state index < -0.39 is 0 Å². The zero-order chi connectivity index (χ0) is 10.3. The van der Waals surface area contributed by atoms with Crippen molar-refractivity contribution in [3.63, 3.8) is 0 Å². The van der Waals surface area contributed by atoms with E-state index in [0.717, 1.165) is 5.25 Å². The summed E-state index contributed by atoms with van der Waals surface area (Å²) in [5.74, 6) is 0. The molecule has 0 spiro atoms. The molecule has 1 heterocycles. The Morgan fingerprint density at radius 1 is 1.36 bits per heavy atom. The van der Waals surface area contributed by atoms with Crippen LogP contribution in [0.1, 0.15) is 38.3 Å². The second-order valence-corrected chi connectivity index (χ2v) is 6.50. The van der Waals surface area contributed by atoms with E-state index in [9.17, 15) is 0 Å². The van der Waals surface area contributed by atoms with Crippen molar-refractivity contribution in [1.82, 2.24) is 0 Å². The average molecular weight is 206 g/mol. The average Bonchev–Trinajstić information content (AvgIpc) is 2.05. The lowest BCUT2D eigenvalue weighted by Gasteiger charge is -2.35. The van der Waals surface area contributed by atoms with E-state index in [1.54, 1.807) is 5.56 Å². The first-order valence-electron chi connectivity index (χ1n) is 5.27. The maximum atomic E-state index is 2.36. The fourth-order valence-electron chi connectivity index (χ4n) is 2.36. The zero-order valence-corrected chi connectivity index (χ0v) is 10.2. The largest absolute Gasteiger partial charge is 0.123 e. The molecule has 0 unspecified atom stereocenters. The number of rotatable bonds is 0. The van der Waals surface area contributed by atoms with Gasteiger partial charge in [0.1, 0.15) is 0 Å². The van der Waals surface area contributed by atoms with Crippen LogP contribution in [0.15, 0.2) is 23.1 Å². The minimum atomic E-state index is 0.353. The lowest BCUT2D eigenvalue weighted by atomic mass is 9.79. The van der Waals surface area contributed by atoms with Crippen LogP contribution in [0.3, 0.4) is 0 Å². The van der Waals surface area contributed by atoms with Gasteiger partial charge in [-0.15, -0.1) is 11.8 Å². The van der Waals surface area contributed by atoms with Crippen LogP contribution in [0, 0.1) is 6.92 Å². The molecule has 0 aromatic heterocycles. The topological polar surface area (TPSA) is 0 Å². The van der Waals surface area contributed by atoms with E-state index in [0.29, 0.717) is 5.41 Å². The van der Waals surface area contributed by atoms with Crippen LogP contribution in [-0.2, 0) is 5.41 Å². The third-order valence-corrected chi connectivity index (χ3v) is 4.17. The molecular formula is C13H18S. The second kappa shape index (κ2) is 3.30. The van der Waals surface area contributed by atoms with Crippen LogP contribution in [0.5, 0.6) is 0 Å². The van der Waals surface area contributed by atoms with Gasteiger partial charge in [0.2, 0.25) is 0 Å². The summed E-state index contributed by atoms with van der Waals surface area (Å²) in [5.41, 5.74) is 3.28. The van der Waals surface area contributed by atoms with Crippen molar-refractivity contribution in [1.29, 1.82) is 0 Å². The number of hydrogen-bond acceptors (Lipinski definition) is 1. The van der Waals surface area contributed by atoms with Crippen LogP contribution in [0.2, 0.25) is 0 Å². The number of aryl methyl sites for hydroxylation is 1. The minimum absolute atomic E-state index is 0.353. The van der Waals surface area contributed by atoms with Crippen LogP contribution in [0.25, 0.3) is 0 Å². The second-order valence-electron chi connectivity index (χ2n) is 5.02. The molecule has 1 atom stereocenters. The van der Waals surface area contributed by atoms with Crippen molar-refractivity contribution < 1.29 is 0 Å². The third kappa shape index (κ3) is 1.70. The summed E-state index contributed by atoms with van der Waals surface area (Å²) in [7, 11) is 0. The van der Waals surface area contributed by atoms with Crippen LogP contribution < -0.4 is 0 Å². The normalized spacial score (nSPS) is 24.4. The summed E-state index contributed by atoms with van der Waals surface area (Å²) in [4.78, 5) is 1.49. The molecule has 1 aliphatic heterocycles. The Morgan fingerprint density at radius 2 is 2.07 bits per heavy atom. The molecule has 0 bridgehead atoms. The molecule has 0 radical (unpaired) electrons. The van der Waals surface area contributed by atoms with Gasteiger partial charge in [-0.2, -0.15) is 0 Å². The first-order chi connectivity index (χ1) is 6.49. The molecule has 14 heavy (non-hydrogen) atoms. The van der Waals surface area contributed by atoms with Crippen LogP contribution in [0.4, 0.5) is 0 Å². The highest BCUT2D eigenvalue weighted by Crippen LogP contribution is 2.45. The van der Waals surface area contributed by atoms with Crippen LogP contribution >= 0.6 is 11.8 Å². The molecule has 0 nitrogen and oxygen atoms in total. The Kier molecular flexibility index (Phi) is 2.38. The molecular weight excluding hydrogens is 188 g/mol. The number of hydrogen-bond donors (Lipinski definition) is 0.